The quantitative estimate of drug-likeness (QED) is 0.517. The van der Waals surface area contributed by atoms with Gasteiger partial charge in [-0.05, 0) is 31.4 Å². The number of hydrogen-bond acceptors (Lipinski definition) is 3. The molecule has 2 N–H and O–H groups in total. The van der Waals surface area contributed by atoms with E-state index in [0.29, 0.717) is 6.42 Å². The molecular formula is C9H14O3. The van der Waals surface area contributed by atoms with Crippen molar-refractivity contribution in [3.05, 3.63) is 24.2 Å². The fourth-order valence-corrected chi connectivity index (χ4v) is 1.08. The highest BCUT2D eigenvalue weighted by Crippen LogP contribution is 2.07. The number of furan rings is 1. The average Bonchev–Trinajstić information content (AvgIpc) is 2.49. The second-order valence-corrected chi connectivity index (χ2v) is 2.81. The van der Waals surface area contributed by atoms with Gasteiger partial charge in [0.25, 0.3) is 0 Å². The van der Waals surface area contributed by atoms with Crippen LogP contribution in [0.1, 0.15) is 25.0 Å². The lowest BCUT2D eigenvalue weighted by Gasteiger charge is -2.01. The van der Waals surface area contributed by atoms with E-state index in [0.717, 1.165) is 25.0 Å². The molecule has 0 saturated carbocycles. The molecule has 12 heavy (non-hydrogen) atoms. The SMILES string of the molecule is OC(O)CCCCc1ccco1. The van der Waals surface area contributed by atoms with Gasteiger partial charge in [0.15, 0.2) is 6.29 Å². The van der Waals surface area contributed by atoms with Crippen LogP contribution in [0.4, 0.5) is 0 Å². The minimum absolute atomic E-state index is 0.445. The van der Waals surface area contributed by atoms with Crippen LogP contribution in [-0.4, -0.2) is 16.5 Å². The maximum atomic E-state index is 8.54. The summed E-state index contributed by atoms with van der Waals surface area (Å²) in [5.41, 5.74) is 0. The van der Waals surface area contributed by atoms with Crippen LogP contribution < -0.4 is 0 Å². The van der Waals surface area contributed by atoms with Crippen molar-refractivity contribution in [1.82, 2.24) is 0 Å². The third-order valence-electron chi connectivity index (χ3n) is 1.72. The summed E-state index contributed by atoms with van der Waals surface area (Å²) in [5.74, 6) is 0.961. The molecule has 0 aromatic carbocycles. The summed E-state index contributed by atoms with van der Waals surface area (Å²) in [7, 11) is 0. The van der Waals surface area contributed by atoms with Crippen molar-refractivity contribution in [1.29, 1.82) is 0 Å². The van der Waals surface area contributed by atoms with E-state index in [9.17, 15) is 0 Å². The molecule has 1 aromatic rings. The molecule has 0 fully saturated rings. The van der Waals surface area contributed by atoms with E-state index in [1.54, 1.807) is 6.26 Å². The third-order valence-corrected chi connectivity index (χ3v) is 1.72. The van der Waals surface area contributed by atoms with Crippen LogP contribution >= 0.6 is 0 Å². The molecular weight excluding hydrogens is 156 g/mol. The van der Waals surface area contributed by atoms with Crippen LogP contribution in [0.25, 0.3) is 0 Å². The van der Waals surface area contributed by atoms with Gasteiger partial charge in [0.2, 0.25) is 0 Å². The predicted octanol–water partition coefficient (Wildman–Crippen LogP) is 1.30. The maximum Gasteiger partial charge on any atom is 0.151 e. The maximum absolute atomic E-state index is 8.54. The Morgan fingerprint density at radius 1 is 1.33 bits per heavy atom. The van der Waals surface area contributed by atoms with E-state index in [-0.39, 0.29) is 0 Å². The van der Waals surface area contributed by atoms with E-state index in [1.165, 1.54) is 0 Å². The molecule has 0 spiro atoms. The summed E-state index contributed by atoms with van der Waals surface area (Å²) in [6.45, 7) is 0. The first-order chi connectivity index (χ1) is 5.79. The Kier molecular flexibility index (Phi) is 3.84. The van der Waals surface area contributed by atoms with E-state index in [1.807, 2.05) is 12.1 Å². The van der Waals surface area contributed by atoms with Gasteiger partial charge >= 0.3 is 0 Å². The molecule has 0 saturated heterocycles. The zero-order chi connectivity index (χ0) is 8.81. The molecule has 0 radical (unpaired) electrons. The highest BCUT2D eigenvalue weighted by atomic mass is 16.5. The molecule has 0 amide bonds. The summed E-state index contributed by atoms with van der Waals surface area (Å²) in [6, 6.07) is 3.78. The van der Waals surface area contributed by atoms with Crippen molar-refractivity contribution in [3.63, 3.8) is 0 Å². The molecule has 0 aliphatic rings. The van der Waals surface area contributed by atoms with Crippen molar-refractivity contribution in [2.75, 3.05) is 0 Å². The third kappa shape index (κ3) is 3.55. The first-order valence-corrected chi connectivity index (χ1v) is 4.17. The summed E-state index contributed by atoms with van der Waals surface area (Å²) in [6.07, 6.45) is 3.56. The molecule has 3 heteroatoms. The fourth-order valence-electron chi connectivity index (χ4n) is 1.08. The molecule has 0 aliphatic carbocycles. The number of aryl methyl sites for hydroxylation is 1. The summed E-state index contributed by atoms with van der Waals surface area (Å²) in [4.78, 5) is 0. The van der Waals surface area contributed by atoms with Crippen LogP contribution in [0.3, 0.4) is 0 Å². The van der Waals surface area contributed by atoms with Gasteiger partial charge in [-0.15, -0.1) is 0 Å². The molecule has 68 valence electrons. The monoisotopic (exact) mass is 170 g/mol. The van der Waals surface area contributed by atoms with Gasteiger partial charge in [-0.25, -0.2) is 0 Å². The zero-order valence-corrected chi connectivity index (χ0v) is 6.94. The van der Waals surface area contributed by atoms with Crippen LogP contribution in [0.2, 0.25) is 0 Å². The Morgan fingerprint density at radius 2 is 2.17 bits per heavy atom. The van der Waals surface area contributed by atoms with Crippen molar-refractivity contribution in [3.8, 4) is 0 Å². The van der Waals surface area contributed by atoms with Crippen molar-refractivity contribution in [2.24, 2.45) is 0 Å². The zero-order valence-electron chi connectivity index (χ0n) is 6.94. The largest absolute Gasteiger partial charge is 0.469 e. The second kappa shape index (κ2) is 4.95. The predicted molar refractivity (Wildman–Crippen MR) is 44.5 cm³/mol. The van der Waals surface area contributed by atoms with Gasteiger partial charge in [0, 0.05) is 6.42 Å². The molecule has 0 unspecified atom stereocenters. The number of rotatable bonds is 5. The molecule has 3 nitrogen and oxygen atoms in total. The highest BCUT2D eigenvalue weighted by Gasteiger charge is 1.98. The lowest BCUT2D eigenvalue weighted by Crippen LogP contribution is -2.03. The van der Waals surface area contributed by atoms with Crippen LogP contribution in [0.15, 0.2) is 22.8 Å². The van der Waals surface area contributed by atoms with Gasteiger partial charge in [0.1, 0.15) is 5.76 Å². The van der Waals surface area contributed by atoms with E-state index >= 15 is 0 Å². The first-order valence-electron chi connectivity index (χ1n) is 4.17. The smallest absolute Gasteiger partial charge is 0.151 e. The summed E-state index contributed by atoms with van der Waals surface area (Å²) < 4.78 is 5.12. The topological polar surface area (TPSA) is 53.6 Å². The van der Waals surface area contributed by atoms with Gasteiger partial charge in [-0.3, -0.25) is 0 Å². The molecule has 1 heterocycles. The Bertz CT molecular complexity index is 192. The van der Waals surface area contributed by atoms with Crippen LogP contribution in [0, 0.1) is 0 Å². The van der Waals surface area contributed by atoms with Crippen molar-refractivity contribution < 1.29 is 14.6 Å². The molecule has 0 atom stereocenters. The van der Waals surface area contributed by atoms with E-state index < -0.39 is 6.29 Å². The lowest BCUT2D eigenvalue weighted by atomic mass is 10.1. The average molecular weight is 170 g/mol. The van der Waals surface area contributed by atoms with Crippen molar-refractivity contribution in [2.45, 2.75) is 32.0 Å². The molecule has 1 rings (SSSR count). The van der Waals surface area contributed by atoms with Crippen LogP contribution in [0.5, 0.6) is 0 Å². The second-order valence-electron chi connectivity index (χ2n) is 2.81. The normalized spacial score (nSPS) is 10.9. The first kappa shape index (κ1) is 9.29. The molecule has 0 aliphatic heterocycles. The Balaban J connectivity index is 2.04. The Morgan fingerprint density at radius 3 is 2.75 bits per heavy atom. The minimum atomic E-state index is -1.17. The standard InChI is InChI=1S/C9H14O3/c10-9(11)6-2-1-4-8-5-3-7-12-8/h3,5,7,9-11H,1-2,4,6H2. The van der Waals surface area contributed by atoms with E-state index in [4.69, 9.17) is 14.6 Å². The van der Waals surface area contributed by atoms with Gasteiger partial charge in [-0.2, -0.15) is 0 Å². The summed E-state index contributed by atoms with van der Waals surface area (Å²) in [5, 5.41) is 17.1. The highest BCUT2D eigenvalue weighted by molar-refractivity contribution is 4.97. The number of unbranched alkanes of at least 4 members (excludes halogenated alkanes) is 1. The van der Waals surface area contributed by atoms with E-state index in [2.05, 4.69) is 0 Å². The molecule has 1 aromatic heterocycles. The number of aliphatic hydroxyl groups is 2. The number of aliphatic hydroxyl groups excluding tert-OH is 1. The Hall–Kier alpha value is -0.800. The molecule has 0 bridgehead atoms. The fraction of sp³-hybridized carbons (Fsp3) is 0.556. The van der Waals surface area contributed by atoms with Gasteiger partial charge in [0.05, 0.1) is 6.26 Å². The van der Waals surface area contributed by atoms with Gasteiger partial charge in [-0.1, -0.05) is 0 Å². The minimum Gasteiger partial charge on any atom is -0.469 e. The Labute approximate surface area is 71.6 Å². The van der Waals surface area contributed by atoms with Gasteiger partial charge < -0.3 is 14.6 Å². The van der Waals surface area contributed by atoms with Crippen molar-refractivity contribution >= 4 is 0 Å². The summed E-state index contributed by atoms with van der Waals surface area (Å²) >= 11 is 0. The lowest BCUT2D eigenvalue weighted by molar-refractivity contribution is -0.0465. The van der Waals surface area contributed by atoms with Crippen LogP contribution in [-0.2, 0) is 6.42 Å². The number of hydrogen-bond donors (Lipinski definition) is 2.